The molecular weight excluding hydrogens is 254 g/mol. The van der Waals surface area contributed by atoms with Gasteiger partial charge in [-0.1, -0.05) is 62.6 Å². The Hall–Kier alpha value is -1.34. The minimum absolute atomic E-state index is 0.515. The molecule has 0 heterocycles. The molecule has 1 N–H and O–H groups in total. The lowest BCUT2D eigenvalue weighted by molar-refractivity contribution is 0.261. The quantitative estimate of drug-likeness (QED) is 0.749. The summed E-state index contributed by atoms with van der Waals surface area (Å²) in [5.74, 6) is 0.928. The molecule has 112 valence electrons. The Morgan fingerprint density at radius 1 is 1.14 bits per heavy atom. The highest BCUT2D eigenvalue weighted by atomic mass is 14.9. The minimum Gasteiger partial charge on any atom is -0.310 e. The van der Waals surface area contributed by atoms with Crippen LogP contribution < -0.4 is 5.32 Å². The first kappa shape index (κ1) is 14.6. The summed E-state index contributed by atoms with van der Waals surface area (Å²) in [6.07, 6.45) is 6.78. The summed E-state index contributed by atoms with van der Waals surface area (Å²) < 4.78 is 0. The third-order valence-corrected chi connectivity index (χ3v) is 4.97. The lowest BCUT2D eigenvalue weighted by Gasteiger charge is -2.32. The molecule has 1 saturated carbocycles. The molecule has 0 aliphatic heterocycles. The number of aryl methyl sites for hydroxylation is 1. The van der Waals surface area contributed by atoms with Crippen molar-refractivity contribution in [2.45, 2.75) is 52.0 Å². The van der Waals surface area contributed by atoms with Gasteiger partial charge in [-0.15, -0.1) is 0 Å². The van der Waals surface area contributed by atoms with Crippen molar-refractivity contribution in [3.63, 3.8) is 0 Å². The van der Waals surface area contributed by atoms with E-state index in [1.807, 2.05) is 0 Å². The average Bonchev–Trinajstić information content (AvgIpc) is 2.46. The van der Waals surface area contributed by atoms with E-state index < -0.39 is 0 Å². The Kier molecular flexibility index (Phi) is 4.60. The van der Waals surface area contributed by atoms with Gasteiger partial charge in [0.15, 0.2) is 0 Å². The Balaban J connectivity index is 1.97. The molecule has 1 heteroatoms. The van der Waals surface area contributed by atoms with Crippen LogP contribution in [-0.4, -0.2) is 6.54 Å². The predicted molar refractivity (Wildman–Crippen MR) is 91.7 cm³/mol. The SMILES string of the molecule is CCCNC(CC1CCC1)c1c(C)ccc2ccccc12. The fourth-order valence-electron chi connectivity index (χ4n) is 3.55. The molecule has 1 nitrogen and oxygen atoms in total. The second-order valence-electron chi connectivity index (χ2n) is 6.56. The first-order valence-electron chi connectivity index (χ1n) is 8.51. The highest BCUT2D eigenvalue weighted by molar-refractivity contribution is 5.87. The van der Waals surface area contributed by atoms with Crippen LogP contribution in [0, 0.1) is 12.8 Å². The molecule has 3 rings (SSSR count). The summed E-state index contributed by atoms with van der Waals surface area (Å²) in [6.45, 7) is 5.63. The fourth-order valence-corrected chi connectivity index (χ4v) is 3.55. The largest absolute Gasteiger partial charge is 0.310 e. The van der Waals surface area contributed by atoms with E-state index in [1.54, 1.807) is 0 Å². The maximum Gasteiger partial charge on any atom is 0.0331 e. The molecule has 1 aliphatic rings. The van der Waals surface area contributed by atoms with E-state index in [0.29, 0.717) is 6.04 Å². The molecule has 1 atom stereocenters. The van der Waals surface area contributed by atoms with E-state index in [0.717, 1.165) is 12.5 Å². The van der Waals surface area contributed by atoms with Gasteiger partial charge in [0, 0.05) is 6.04 Å². The number of benzene rings is 2. The average molecular weight is 281 g/mol. The van der Waals surface area contributed by atoms with Crippen LogP contribution in [0.1, 0.15) is 56.2 Å². The van der Waals surface area contributed by atoms with Gasteiger partial charge in [-0.3, -0.25) is 0 Å². The van der Waals surface area contributed by atoms with E-state index >= 15 is 0 Å². The fraction of sp³-hybridized carbons (Fsp3) is 0.500. The molecule has 1 unspecified atom stereocenters. The lowest BCUT2D eigenvalue weighted by atomic mass is 9.78. The summed E-state index contributed by atoms with van der Waals surface area (Å²) in [4.78, 5) is 0. The molecule has 0 radical (unpaired) electrons. The molecule has 0 aromatic heterocycles. The molecular formula is C20H27N. The van der Waals surface area contributed by atoms with Crippen LogP contribution in [0.15, 0.2) is 36.4 Å². The Bertz CT molecular complexity index is 598. The zero-order valence-corrected chi connectivity index (χ0v) is 13.4. The van der Waals surface area contributed by atoms with Gasteiger partial charge >= 0.3 is 0 Å². The van der Waals surface area contributed by atoms with Crippen LogP contribution in [0.3, 0.4) is 0 Å². The van der Waals surface area contributed by atoms with Crippen molar-refractivity contribution >= 4 is 10.8 Å². The molecule has 0 bridgehead atoms. The Morgan fingerprint density at radius 3 is 2.67 bits per heavy atom. The van der Waals surface area contributed by atoms with E-state index in [-0.39, 0.29) is 0 Å². The molecule has 1 fully saturated rings. The first-order valence-corrected chi connectivity index (χ1v) is 8.51. The highest BCUT2D eigenvalue weighted by Gasteiger charge is 2.24. The van der Waals surface area contributed by atoms with Gasteiger partial charge in [0.05, 0.1) is 0 Å². The van der Waals surface area contributed by atoms with Crippen LogP contribution in [0.5, 0.6) is 0 Å². The van der Waals surface area contributed by atoms with Crippen molar-refractivity contribution < 1.29 is 0 Å². The second kappa shape index (κ2) is 6.62. The third kappa shape index (κ3) is 3.13. The van der Waals surface area contributed by atoms with Gasteiger partial charge in [-0.2, -0.15) is 0 Å². The summed E-state index contributed by atoms with van der Waals surface area (Å²) >= 11 is 0. The van der Waals surface area contributed by atoms with Gasteiger partial charge < -0.3 is 5.32 Å². The minimum atomic E-state index is 0.515. The molecule has 0 saturated heterocycles. The van der Waals surface area contributed by atoms with E-state index in [9.17, 15) is 0 Å². The Labute approximate surface area is 128 Å². The smallest absolute Gasteiger partial charge is 0.0331 e. The normalized spacial score (nSPS) is 16.9. The second-order valence-corrected chi connectivity index (χ2v) is 6.56. The molecule has 1 aliphatic carbocycles. The van der Waals surface area contributed by atoms with Gasteiger partial charge in [0.25, 0.3) is 0 Å². The van der Waals surface area contributed by atoms with Gasteiger partial charge in [-0.05, 0) is 54.1 Å². The zero-order chi connectivity index (χ0) is 14.7. The molecule has 2 aromatic rings. The van der Waals surface area contributed by atoms with Gasteiger partial charge in [0.2, 0.25) is 0 Å². The lowest BCUT2D eigenvalue weighted by Crippen LogP contribution is -2.27. The number of rotatable bonds is 6. The maximum absolute atomic E-state index is 3.82. The van der Waals surface area contributed by atoms with Crippen LogP contribution >= 0.6 is 0 Å². The van der Waals surface area contributed by atoms with Crippen molar-refractivity contribution in [2.75, 3.05) is 6.54 Å². The van der Waals surface area contributed by atoms with Gasteiger partial charge in [0.1, 0.15) is 0 Å². The zero-order valence-electron chi connectivity index (χ0n) is 13.4. The highest BCUT2D eigenvalue weighted by Crippen LogP contribution is 2.37. The standard InChI is InChI=1S/C20H27N/c1-3-13-21-19(14-16-7-6-8-16)20-15(2)11-12-17-9-4-5-10-18(17)20/h4-5,9-12,16,19,21H,3,6-8,13-14H2,1-2H3. The predicted octanol–water partition coefficient (Wildman–Crippen LogP) is 5.38. The third-order valence-electron chi connectivity index (χ3n) is 4.97. The summed E-state index contributed by atoms with van der Waals surface area (Å²) in [5.41, 5.74) is 2.97. The maximum atomic E-state index is 3.82. The van der Waals surface area contributed by atoms with Crippen molar-refractivity contribution in [2.24, 2.45) is 5.92 Å². The molecule has 0 amide bonds. The van der Waals surface area contributed by atoms with Crippen LogP contribution in [0.25, 0.3) is 10.8 Å². The monoisotopic (exact) mass is 281 g/mol. The van der Waals surface area contributed by atoms with Gasteiger partial charge in [-0.25, -0.2) is 0 Å². The summed E-state index contributed by atoms with van der Waals surface area (Å²) in [6, 6.07) is 13.9. The number of hydrogen-bond donors (Lipinski definition) is 1. The molecule has 2 aromatic carbocycles. The summed E-state index contributed by atoms with van der Waals surface area (Å²) in [7, 11) is 0. The number of hydrogen-bond acceptors (Lipinski definition) is 1. The van der Waals surface area contributed by atoms with Crippen LogP contribution in [-0.2, 0) is 0 Å². The van der Waals surface area contributed by atoms with E-state index in [4.69, 9.17) is 0 Å². The first-order chi connectivity index (χ1) is 10.3. The van der Waals surface area contributed by atoms with Crippen LogP contribution in [0.4, 0.5) is 0 Å². The van der Waals surface area contributed by atoms with Crippen molar-refractivity contribution in [3.8, 4) is 0 Å². The van der Waals surface area contributed by atoms with Crippen molar-refractivity contribution in [1.82, 2.24) is 5.32 Å². The van der Waals surface area contributed by atoms with E-state index in [2.05, 4.69) is 55.6 Å². The van der Waals surface area contributed by atoms with Crippen LogP contribution in [0.2, 0.25) is 0 Å². The molecule has 0 spiro atoms. The number of nitrogens with one attached hydrogen (secondary N) is 1. The van der Waals surface area contributed by atoms with E-state index in [1.165, 1.54) is 54.0 Å². The van der Waals surface area contributed by atoms with Crippen molar-refractivity contribution in [1.29, 1.82) is 0 Å². The topological polar surface area (TPSA) is 12.0 Å². The summed E-state index contributed by atoms with van der Waals surface area (Å²) in [5, 5.41) is 6.62. The molecule has 21 heavy (non-hydrogen) atoms. The van der Waals surface area contributed by atoms with Crippen molar-refractivity contribution in [3.05, 3.63) is 47.5 Å². The Morgan fingerprint density at radius 2 is 1.95 bits per heavy atom. The number of fused-ring (bicyclic) bond motifs is 1.